The smallest absolute Gasteiger partial charge is 0.191 e. The summed E-state index contributed by atoms with van der Waals surface area (Å²) in [6.07, 6.45) is 0. The van der Waals surface area contributed by atoms with E-state index in [-0.39, 0.29) is 5.92 Å². The highest BCUT2D eigenvalue weighted by atomic mass is 16.7. The van der Waals surface area contributed by atoms with E-state index in [0.29, 0.717) is 5.92 Å². The van der Waals surface area contributed by atoms with Crippen molar-refractivity contribution in [1.29, 1.82) is 0 Å². The molecule has 122 valence electrons. The molecule has 0 aliphatic heterocycles. The Labute approximate surface area is 134 Å². The Kier molecular flexibility index (Phi) is 4.54. The van der Waals surface area contributed by atoms with Gasteiger partial charge in [0.2, 0.25) is 0 Å². The van der Waals surface area contributed by atoms with E-state index in [9.17, 15) is 5.11 Å². The number of aliphatic hydroxyl groups is 1. The lowest BCUT2D eigenvalue weighted by Gasteiger charge is -2.38. The monoisotopic (exact) mass is 304 g/mol. The Morgan fingerprint density at radius 1 is 1.09 bits per heavy atom. The van der Waals surface area contributed by atoms with Crippen molar-refractivity contribution in [3.63, 3.8) is 0 Å². The van der Waals surface area contributed by atoms with Crippen LogP contribution in [-0.4, -0.2) is 19.3 Å². The van der Waals surface area contributed by atoms with Crippen LogP contribution in [0.25, 0.3) is 0 Å². The number of allylic oxidation sites excluding steroid dienone is 1. The minimum atomic E-state index is -0.988. The zero-order chi connectivity index (χ0) is 16.7. The van der Waals surface area contributed by atoms with Crippen molar-refractivity contribution in [2.75, 3.05) is 14.2 Å². The van der Waals surface area contributed by atoms with Crippen molar-refractivity contribution >= 4 is 0 Å². The van der Waals surface area contributed by atoms with Crippen molar-refractivity contribution < 1.29 is 14.6 Å². The molecule has 3 heteroatoms. The third kappa shape index (κ3) is 2.23. The molecule has 0 heterocycles. The van der Waals surface area contributed by atoms with Crippen LogP contribution in [-0.2, 0) is 20.9 Å². The summed E-state index contributed by atoms with van der Waals surface area (Å²) in [7, 11) is 3.25. The second-order valence-corrected chi connectivity index (χ2v) is 6.55. The number of hydrogen-bond acceptors (Lipinski definition) is 3. The molecule has 1 aliphatic rings. The molecule has 1 aromatic rings. The van der Waals surface area contributed by atoms with E-state index in [4.69, 9.17) is 9.47 Å². The second kappa shape index (κ2) is 5.80. The number of rotatable bonds is 4. The van der Waals surface area contributed by atoms with E-state index in [1.54, 1.807) is 14.2 Å². The third-order valence-electron chi connectivity index (χ3n) is 5.86. The van der Waals surface area contributed by atoms with Gasteiger partial charge in [-0.05, 0) is 43.7 Å². The molecule has 1 aliphatic carbocycles. The van der Waals surface area contributed by atoms with Crippen LogP contribution in [0.4, 0.5) is 0 Å². The van der Waals surface area contributed by atoms with Gasteiger partial charge in [-0.15, -0.1) is 0 Å². The highest BCUT2D eigenvalue weighted by Gasteiger charge is 2.49. The Morgan fingerprint density at radius 2 is 1.64 bits per heavy atom. The first kappa shape index (κ1) is 17.2. The predicted molar refractivity (Wildman–Crippen MR) is 88.4 cm³/mol. The lowest BCUT2D eigenvalue weighted by atomic mass is 9.76. The van der Waals surface area contributed by atoms with Crippen LogP contribution in [0, 0.1) is 11.8 Å². The van der Waals surface area contributed by atoms with Crippen LogP contribution >= 0.6 is 0 Å². The number of hydrogen-bond donors (Lipinski definition) is 1. The summed E-state index contributed by atoms with van der Waals surface area (Å²) in [5.41, 5.74) is 3.06. The largest absolute Gasteiger partial charge is 0.380 e. The summed E-state index contributed by atoms with van der Waals surface area (Å²) in [4.78, 5) is 0. The zero-order valence-corrected chi connectivity index (χ0v) is 14.7. The van der Waals surface area contributed by atoms with Crippen LogP contribution < -0.4 is 0 Å². The molecule has 22 heavy (non-hydrogen) atoms. The summed E-state index contributed by atoms with van der Waals surface area (Å²) >= 11 is 0. The van der Waals surface area contributed by atoms with Gasteiger partial charge in [-0.3, -0.25) is 0 Å². The van der Waals surface area contributed by atoms with Crippen LogP contribution in [0.3, 0.4) is 0 Å². The van der Waals surface area contributed by atoms with Crippen LogP contribution in [0.2, 0.25) is 0 Å². The van der Waals surface area contributed by atoms with E-state index in [1.807, 2.05) is 38.1 Å². The predicted octanol–water partition coefficient (Wildman–Crippen LogP) is 3.96. The van der Waals surface area contributed by atoms with Gasteiger partial charge in [0.15, 0.2) is 5.79 Å². The van der Waals surface area contributed by atoms with Gasteiger partial charge >= 0.3 is 0 Å². The summed E-state index contributed by atoms with van der Waals surface area (Å²) in [6.45, 7) is 10.3. The molecular weight excluding hydrogens is 276 g/mol. The van der Waals surface area contributed by atoms with Crippen LogP contribution in [0.1, 0.15) is 45.7 Å². The summed E-state index contributed by atoms with van der Waals surface area (Å²) < 4.78 is 11.2. The zero-order valence-electron chi connectivity index (χ0n) is 14.7. The average molecular weight is 304 g/mol. The highest BCUT2D eigenvalue weighted by Crippen LogP contribution is 2.52. The number of ether oxygens (including phenoxy) is 2. The summed E-state index contributed by atoms with van der Waals surface area (Å²) in [5.74, 6) is -0.437. The van der Waals surface area contributed by atoms with E-state index >= 15 is 0 Å². The summed E-state index contributed by atoms with van der Waals surface area (Å²) in [6, 6.07) is 7.86. The highest BCUT2D eigenvalue weighted by molar-refractivity contribution is 5.46. The van der Waals surface area contributed by atoms with Crippen molar-refractivity contribution in [1.82, 2.24) is 0 Å². The lowest BCUT2D eigenvalue weighted by molar-refractivity contribution is -0.203. The normalized spacial score (nSPS) is 29.3. The first-order valence-corrected chi connectivity index (χ1v) is 7.84. The molecule has 0 saturated carbocycles. The van der Waals surface area contributed by atoms with E-state index in [2.05, 4.69) is 20.8 Å². The van der Waals surface area contributed by atoms with Gasteiger partial charge in [-0.2, -0.15) is 0 Å². The van der Waals surface area contributed by atoms with Gasteiger partial charge < -0.3 is 14.6 Å². The molecule has 3 atom stereocenters. The van der Waals surface area contributed by atoms with E-state index in [1.165, 1.54) is 5.57 Å². The van der Waals surface area contributed by atoms with Crippen molar-refractivity contribution in [2.45, 2.75) is 46.0 Å². The fourth-order valence-electron chi connectivity index (χ4n) is 3.68. The second-order valence-electron chi connectivity index (χ2n) is 6.55. The molecule has 1 aromatic carbocycles. The van der Waals surface area contributed by atoms with Crippen LogP contribution in [0.15, 0.2) is 35.4 Å². The maximum atomic E-state index is 11.6. The van der Waals surface area contributed by atoms with E-state index in [0.717, 1.165) is 16.7 Å². The Bertz CT molecular complexity index is 586. The Balaban J connectivity index is 2.69. The number of methoxy groups -OCH3 is 2. The van der Waals surface area contributed by atoms with Gasteiger partial charge in [0, 0.05) is 19.8 Å². The SMILES string of the molecule is COC(C)(OC)c1ccccc1C1(O)C(C)=C(C)C(C)C1C. The van der Waals surface area contributed by atoms with Gasteiger partial charge in [0.25, 0.3) is 0 Å². The average Bonchev–Trinajstić information content (AvgIpc) is 2.70. The van der Waals surface area contributed by atoms with Crippen molar-refractivity contribution in [3.05, 3.63) is 46.5 Å². The first-order valence-electron chi connectivity index (χ1n) is 7.84. The molecule has 0 aromatic heterocycles. The van der Waals surface area contributed by atoms with Gasteiger partial charge in [0.05, 0.1) is 0 Å². The first-order chi connectivity index (χ1) is 10.2. The molecule has 2 rings (SSSR count). The molecule has 3 unspecified atom stereocenters. The van der Waals surface area contributed by atoms with Crippen molar-refractivity contribution in [3.8, 4) is 0 Å². The van der Waals surface area contributed by atoms with E-state index < -0.39 is 11.4 Å². The van der Waals surface area contributed by atoms with Gasteiger partial charge in [0.1, 0.15) is 5.60 Å². The maximum absolute atomic E-state index is 11.6. The molecule has 0 amide bonds. The minimum Gasteiger partial charge on any atom is -0.380 e. The molecule has 0 saturated heterocycles. The topological polar surface area (TPSA) is 38.7 Å². The third-order valence-corrected chi connectivity index (χ3v) is 5.86. The van der Waals surface area contributed by atoms with Crippen molar-refractivity contribution in [2.24, 2.45) is 11.8 Å². The molecule has 0 bridgehead atoms. The quantitative estimate of drug-likeness (QED) is 0.676. The fraction of sp³-hybridized carbons (Fsp3) is 0.579. The number of benzene rings is 1. The summed E-state index contributed by atoms with van der Waals surface area (Å²) in [5, 5.41) is 11.6. The lowest BCUT2D eigenvalue weighted by Crippen LogP contribution is -2.38. The molecule has 0 radical (unpaired) electrons. The Hall–Kier alpha value is -1.16. The molecule has 1 N–H and O–H groups in total. The maximum Gasteiger partial charge on any atom is 0.191 e. The standard InChI is InChI=1S/C19H28O3/c1-12-13(2)15(4)19(20,14(12)3)17-11-9-8-10-16(17)18(5,21-6)22-7/h8-12,14,20H,1-7H3. The molecular formula is C19H28O3. The minimum absolute atomic E-state index is 0.103. The molecule has 3 nitrogen and oxygen atoms in total. The van der Waals surface area contributed by atoms with Gasteiger partial charge in [-0.1, -0.05) is 43.7 Å². The van der Waals surface area contributed by atoms with Gasteiger partial charge in [-0.25, -0.2) is 0 Å². The molecule has 0 spiro atoms. The Morgan fingerprint density at radius 3 is 2.09 bits per heavy atom. The molecule has 0 fully saturated rings. The van der Waals surface area contributed by atoms with Crippen LogP contribution in [0.5, 0.6) is 0 Å². The fourth-order valence-corrected chi connectivity index (χ4v) is 3.68.